The minimum Gasteiger partial charge on any atom is -0.310 e. The van der Waals surface area contributed by atoms with Crippen molar-refractivity contribution in [2.24, 2.45) is 4.99 Å². The van der Waals surface area contributed by atoms with Crippen LogP contribution in [-0.4, -0.2) is 28.0 Å². The third-order valence-corrected chi connectivity index (χ3v) is 5.23. The second-order valence-corrected chi connectivity index (χ2v) is 7.56. The zero-order valence-electron chi connectivity index (χ0n) is 16.7. The number of benzene rings is 2. The molecule has 1 aliphatic carbocycles. The first kappa shape index (κ1) is 20.8. The van der Waals surface area contributed by atoms with Crippen LogP contribution in [0.3, 0.4) is 0 Å². The van der Waals surface area contributed by atoms with Crippen LogP contribution in [0.5, 0.6) is 0 Å². The topological polar surface area (TPSA) is 70.1 Å². The number of aromatic nitrogens is 2. The lowest BCUT2D eigenvalue weighted by Gasteiger charge is -2.11. The second kappa shape index (κ2) is 9.16. The molecule has 1 aliphatic rings. The number of nitrogens with zero attached hydrogens (tertiary/aromatic N) is 2. The number of halogens is 3. The number of aliphatic imine (C=N–C) groups is 1. The van der Waals surface area contributed by atoms with E-state index in [0.717, 1.165) is 43.4 Å². The van der Waals surface area contributed by atoms with E-state index >= 15 is 0 Å². The summed E-state index contributed by atoms with van der Waals surface area (Å²) in [6.07, 6.45) is 4.32. The fourth-order valence-electron chi connectivity index (χ4n) is 3.62. The summed E-state index contributed by atoms with van der Waals surface area (Å²) in [5, 5.41) is 9.91. The predicted molar refractivity (Wildman–Crippen MR) is 111 cm³/mol. The van der Waals surface area contributed by atoms with Crippen molar-refractivity contribution in [3.8, 4) is 11.3 Å². The molecule has 0 atom stereocenters. The molecule has 0 radical (unpaired) electrons. The van der Waals surface area contributed by atoms with Crippen molar-refractivity contribution in [3.63, 3.8) is 0 Å². The van der Waals surface area contributed by atoms with Gasteiger partial charge < -0.3 is 5.32 Å². The normalized spacial score (nSPS) is 14.7. The highest BCUT2D eigenvalue weighted by Gasteiger charge is 2.18. The lowest BCUT2D eigenvalue weighted by Crippen LogP contribution is -2.33. The van der Waals surface area contributed by atoms with Crippen molar-refractivity contribution < 1.29 is 18.0 Å². The van der Waals surface area contributed by atoms with Gasteiger partial charge in [0.05, 0.1) is 11.7 Å². The monoisotopic (exact) mass is 426 g/mol. The van der Waals surface area contributed by atoms with Gasteiger partial charge in [0.15, 0.2) is 11.6 Å². The quantitative estimate of drug-likeness (QED) is 0.454. The fraction of sp³-hybridized carbons (Fsp3) is 0.261. The number of aromatic amines is 1. The Balaban J connectivity index is 1.53. The van der Waals surface area contributed by atoms with E-state index in [1.165, 1.54) is 18.2 Å². The molecule has 5 nitrogen and oxygen atoms in total. The lowest BCUT2D eigenvalue weighted by molar-refractivity contribution is 0.0975. The number of hydrogen-bond donors (Lipinski definition) is 2. The van der Waals surface area contributed by atoms with Crippen LogP contribution >= 0.6 is 0 Å². The summed E-state index contributed by atoms with van der Waals surface area (Å²) in [6.45, 7) is 0. The van der Waals surface area contributed by atoms with Gasteiger partial charge in [0.1, 0.15) is 11.7 Å². The molecule has 1 amide bonds. The van der Waals surface area contributed by atoms with Gasteiger partial charge in [0.2, 0.25) is 0 Å². The minimum atomic E-state index is -1.08. The molecular formula is C23H21F3N4O. The number of amides is 1. The summed E-state index contributed by atoms with van der Waals surface area (Å²) in [7, 11) is 0. The summed E-state index contributed by atoms with van der Waals surface area (Å²) in [6, 6.07) is 10.9. The predicted octanol–water partition coefficient (Wildman–Crippen LogP) is 4.81. The van der Waals surface area contributed by atoms with E-state index in [0.29, 0.717) is 17.2 Å². The zero-order valence-corrected chi connectivity index (χ0v) is 16.7. The van der Waals surface area contributed by atoms with E-state index in [4.69, 9.17) is 0 Å². The maximum atomic E-state index is 13.5. The van der Waals surface area contributed by atoms with Gasteiger partial charge in [-0.15, -0.1) is 0 Å². The SMILES string of the molecule is O=C(NC(Cc1cc(-c2ccc(F)cc2)n[nH]1)=NC1CCCC1)c1ccc(F)c(F)c1. The van der Waals surface area contributed by atoms with E-state index < -0.39 is 17.5 Å². The van der Waals surface area contributed by atoms with Crippen molar-refractivity contribution in [3.05, 3.63) is 77.2 Å². The molecule has 0 unspecified atom stereocenters. The number of H-pyrrole nitrogens is 1. The molecular weight excluding hydrogens is 405 g/mol. The van der Waals surface area contributed by atoms with Crippen molar-refractivity contribution in [1.82, 2.24) is 15.5 Å². The highest BCUT2D eigenvalue weighted by molar-refractivity contribution is 6.06. The number of hydrogen-bond acceptors (Lipinski definition) is 3. The Morgan fingerprint density at radius 2 is 1.77 bits per heavy atom. The van der Waals surface area contributed by atoms with Gasteiger partial charge in [0, 0.05) is 23.2 Å². The molecule has 1 aromatic heterocycles. The average Bonchev–Trinajstić information content (AvgIpc) is 3.43. The van der Waals surface area contributed by atoms with Crippen LogP contribution in [0.25, 0.3) is 11.3 Å². The number of carbonyl (C=O) groups is 1. The molecule has 0 aliphatic heterocycles. The molecule has 31 heavy (non-hydrogen) atoms. The van der Waals surface area contributed by atoms with Crippen LogP contribution in [0.4, 0.5) is 13.2 Å². The van der Waals surface area contributed by atoms with Gasteiger partial charge in [-0.2, -0.15) is 5.10 Å². The van der Waals surface area contributed by atoms with E-state index in [1.807, 2.05) is 0 Å². The summed E-state index contributed by atoms with van der Waals surface area (Å²) < 4.78 is 39.9. The summed E-state index contributed by atoms with van der Waals surface area (Å²) >= 11 is 0. The standard InChI is InChI=1S/C23H21F3N4O/c24-16-8-5-14(6-9-16)21-12-18(29-30-21)13-22(27-17-3-1-2-4-17)28-23(31)15-7-10-19(25)20(26)11-15/h5-12,17H,1-4,13H2,(H,29,30)(H,27,28,31). The van der Waals surface area contributed by atoms with Crippen LogP contribution in [0, 0.1) is 17.5 Å². The van der Waals surface area contributed by atoms with Crippen molar-refractivity contribution in [2.45, 2.75) is 38.1 Å². The van der Waals surface area contributed by atoms with Crippen molar-refractivity contribution in [2.75, 3.05) is 0 Å². The maximum absolute atomic E-state index is 13.5. The van der Waals surface area contributed by atoms with E-state index in [1.54, 1.807) is 18.2 Å². The minimum absolute atomic E-state index is 0.00892. The molecule has 8 heteroatoms. The molecule has 0 spiro atoms. The molecule has 3 aromatic rings. The molecule has 1 heterocycles. The number of nitrogens with one attached hydrogen (secondary N) is 2. The third-order valence-electron chi connectivity index (χ3n) is 5.23. The maximum Gasteiger partial charge on any atom is 0.256 e. The summed E-state index contributed by atoms with van der Waals surface area (Å²) in [5.74, 6) is -2.56. The average molecular weight is 426 g/mol. The van der Waals surface area contributed by atoms with Gasteiger partial charge >= 0.3 is 0 Å². The van der Waals surface area contributed by atoms with Crippen LogP contribution in [0.1, 0.15) is 41.7 Å². The van der Waals surface area contributed by atoms with E-state index in [-0.39, 0.29) is 23.8 Å². The number of carbonyl (C=O) groups excluding carboxylic acids is 1. The van der Waals surface area contributed by atoms with Gasteiger partial charge in [0.25, 0.3) is 5.91 Å². The van der Waals surface area contributed by atoms with E-state index in [2.05, 4.69) is 20.5 Å². The molecule has 1 saturated carbocycles. The Morgan fingerprint density at radius 3 is 2.48 bits per heavy atom. The first-order valence-electron chi connectivity index (χ1n) is 10.1. The largest absolute Gasteiger partial charge is 0.310 e. The number of rotatable bonds is 5. The zero-order chi connectivity index (χ0) is 21.8. The molecule has 0 bridgehead atoms. The second-order valence-electron chi connectivity index (χ2n) is 7.56. The Kier molecular flexibility index (Phi) is 6.16. The van der Waals surface area contributed by atoms with Gasteiger partial charge in [-0.05, 0) is 61.4 Å². The first-order valence-corrected chi connectivity index (χ1v) is 10.1. The Hall–Kier alpha value is -3.42. The fourth-order valence-corrected chi connectivity index (χ4v) is 3.62. The lowest BCUT2D eigenvalue weighted by atomic mass is 10.1. The summed E-state index contributed by atoms with van der Waals surface area (Å²) in [4.78, 5) is 17.3. The third kappa shape index (κ3) is 5.20. The van der Waals surface area contributed by atoms with Crippen LogP contribution in [0.2, 0.25) is 0 Å². The Morgan fingerprint density at radius 1 is 1.03 bits per heavy atom. The Bertz CT molecular complexity index is 1100. The molecule has 160 valence electrons. The van der Waals surface area contributed by atoms with Gasteiger partial charge in [-0.1, -0.05) is 12.8 Å². The van der Waals surface area contributed by atoms with Crippen molar-refractivity contribution in [1.29, 1.82) is 0 Å². The first-order chi connectivity index (χ1) is 15.0. The molecule has 1 fully saturated rings. The molecule has 2 N–H and O–H groups in total. The van der Waals surface area contributed by atoms with Crippen LogP contribution in [0.15, 0.2) is 53.5 Å². The highest BCUT2D eigenvalue weighted by atomic mass is 19.2. The Labute approximate surface area is 177 Å². The van der Waals surface area contributed by atoms with Crippen LogP contribution < -0.4 is 5.32 Å². The van der Waals surface area contributed by atoms with Gasteiger partial charge in [-0.3, -0.25) is 14.9 Å². The van der Waals surface area contributed by atoms with Crippen molar-refractivity contribution >= 4 is 11.7 Å². The van der Waals surface area contributed by atoms with Gasteiger partial charge in [-0.25, -0.2) is 13.2 Å². The molecule has 0 saturated heterocycles. The highest BCUT2D eigenvalue weighted by Crippen LogP contribution is 2.22. The molecule has 4 rings (SSSR count). The smallest absolute Gasteiger partial charge is 0.256 e. The van der Waals surface area contributed by atoms with E-state index in [9.17, 15) is 18.0 Å². The summed E-state index contributed by atoms with van der Waals surface area (Å²) in [5.41, 5.74) is 2.11. The molecule has 2 aromatic carbocycles. The van der Waals surface area contributed by atoms with Crippen LogP contribution in [-0.2, 0) is 6.42 Å². The number of amidine groups is 1.